The van der Waals surface area contributed by atoms with Crippen molar-refractivity contribution in [2.24, 2.45) is 5.92 Å². The van der Waals surface area contributed by atoms with Gasteiger partial charge in [0.25, 0.3) is 0 Å². The highest BCUT2D eigenvalue weighted by Gasteiger charge is 2.40. The van der Waals surface area contributed by atoms with Crippen LogP contribution in [0.15, 0.2) is 52.7 Å². The zero-order valence-electron chi connectivity index (χ0n) is 17.9. The van der Waals surface area contributed by atoms with Crippen LogP contribution in [0.5, 0.6) is 0 Å². The molecule has 0 spiro atoms. The predicted octanol–water partition coefficient (Wildman–Crippen LogP) is 4.21. The molecule has 30 heavy (non-hydrogen) atoms. The molecular formula is C25H33FN2O2. The third kappa shape index (κ3) is 5.39. The molecule has 2 unspecified atom stereocenters. The Bertz CT molecular complexity index is 843. The largest absolute Gasteiger partial charge is 0.465 e. The summed E-state index contributed by atoms with van der Waals surface area (Å²) in [5, 5.41) is 12.0. The number of benzene rings is 1. The number of nitrogens with zero attached hydrogens (tertiary/aromatic N) is 2. The molecule has 5 heteroatoms. The van der Waals surface area contributed by atoms with Crippen molar-refractivity contribution in [3.05, 3.63) is 65.4 Å². The van der Waals surface area contributed by atoms with E-state index in [0.29, 0.717) is 12.8 Å². The Kier molecular flexibility index (Phi) is 6.71. The first-order valence-electron chi connectivity index (χ1n) is 11.1. The molecule has 2 aliphatic rings. The lowest BCUT2D eigenvalue weighted by Crippen LogP contribution is -2.50. The molecule has 1 aliphatic heterocycles. The van der Waals surface area contributed by atoms with Gasteiger partial charge in [-0.1, -0.05) is 17.7 Å². The molecule has 1 saturated heterocycles. The van der Waals surface area contributed by atoms with Crippen LogP contribution in [0.2, 0.25) is 0 Å². The van der Waals surface area contributed by atoms with E-state index in [2.05, 4.69) is 22.9 Å². The van der Waals surface area contributed by atoms with Gasteiger partial charge in [-0.05, 0) is 68.6 Å². The van der Waals surface area contributed by atoms with E-state index in [4.69, 9.17) is 4.42 Å². The highest BCUT2D eigenvalue weighted by Crippen LogP contribution is 2.39. The zero-order chi connectivity index (χ0) is 21.0. The molecule has 2 fully saturated rings. The van der Waals surface area contributed by atoms with E-state index in [1.165, 1.54) is 11.6 Å². The Morgan fingerprint density at radius 3 is 2.77 bits per heavy atom. The Morgan fingerprint density at radius 1 is 1.20 bits per heavy atom. The van der Waals surface area contributed by atoms with Gasteiger partial charge in [0.2, 0.25) is 0 Å². The van der Waals surface area contributed by atoms with Crippen LogP contribution in [0.4, 0.5) is 4.39 Å². The molecule has 1 aliphatic carbocycles. The maximum absolute atomic E-state index is 13.8. The third-order valence-corrected chi connectivity index (χ3v) is 6.71. The average molecular weight is 413 g/mol. The number of piperazine rings is 1. The fourth-order valence-corrected chi connectivity index (χ4v) is 4.98. The summed E-state index contributed by atoms with van der Waals surface area (Å²) in [7, 11) is 2.16. The topological polar surface area (TPSA) is 39.9 Å². The maximum Gasteiger partial charge on any atom is 0.126 e. The van der Waals surface area contributed by atoms with Gasteiger partial charge in [0, 0.05) is 45.1 Å². The Labute approximate surface area is 179 Å². The van der Waals surface area contributed by atoms with Gasteiger partial charge >= 0.3 is 0 Å². The van der Waals surface area contributed by atoms with Crippen LogP contribution in [0.25, 0.3) is 6.08 Å². The second-order valence-corrected chi connectivity index (χ2v) is 9.10. The summed E-state index contributed by atoms with van der Waals surface area (Å²) < 4.78 is 19.4. The molecule has 2 heterocycles. The highest BCUT2D eigenvalue weighted by molar-refractivity contribution is 5.48. The summed E-state index contributed by atoms with van der Waals surface area (Å²) >= 11 is 0. The summed E-state index contributed by atoms with van der Waals surface area (Å²) in [4.78, 5) is 4.84. The van der Waals surface area contributed by atoms with Crippen molar-refractivity contribution >= 4 is 6.08 Å². The third-order valence-electron chi connectivity index (χ3n) is 6.71. The first-order valence-corrected chi connectivity index (χ1v) is 11.1. The summed E-state index contributed by atoms with van der Waals surface area (Å²) in [5.41, 5.74) is 1.18. The lowest BCUT2D eigenvalue weighted by molar-refractivity contribution is -0.0347. The van der Waals surface area contributed by atoms with Crippen LogP contribution in [0.1, 0.15) is 37.0 Å². The van der Waals surface area contributed by atoms with Crippen molar-refractivity contribution < 1.29 is 13.9 Å². The number of hydrogen-bond acceptors (Lipinski definition) is 4. The minimum atomic E-state index is -0.897. The first-order chi connectivity index (χ1) is 14.5. The molecule has 0 radical (unpaired) electrons. The van der Waals surface area contributed by atoms with Crippen molar-refractivity contribution in [2.45, 2.75) is 37.7 Å². The second-order valence-electron chi connectivity index (χ2n) is 9.10. The summed E-state index contributed by atoms with van der Waals surface area (Å²) in [6.45, 7) is 5.11. The number of rotatable bonds is 5. The molecule has 4 rings (SSSR count). The second kappa shape index (κ2) is 9.46. The van der Waals surface area contributed by atoms with Crippen molar-refractivity contribution in [2.75, 3.05) is 39.8 Å². The van der Waals surface area contributed by atoms with E-state index in [1.807, 2.05) is 18.2 Å². The van der Waals surface area contributed by atoms with Gasteiger partial charge in [-0.25, -0.2) is 4.39 Å². The van der Waals surface area contributed by atoms with Gasteiger partial charge in [0.15, 0.2) is 0 Å². The van der Waals surface area contributed by atoms with Crippen LogP contribution in [-0.4, -0.2) is 60.3 Å². The molecule has 1 N–H and O–H groups in total. The minimum absolute atomic E-state index is 0.159. The predicted molar refractivity (Wildman–Crippen MR) is 118 cm³/mol. The van der Waals surface area contributed by atoms with E-state index < -0.39 is 5.60 Å². The van der Waals surface area contributed by atoms with Gasteiger partial charge in [0.05, 0.1) is 11.9 Å². The standard InChI is InChI=1S/C25H33FN2O2/c1-27-10-12-28(13-11-27)19-22-7-2-5-21(16-24-9-4-14-30-24)18-25(22,29)17-20-6-3-8-23(26)15-20/h3-4,6,8-9,14-16,22,29H,2,5,7,10-13,17-19H2,1H3. The molecule has 2 aromatic rings. The van der Waals surface area contributed by atoms with Crippen molar-refractivity contribution in [1.29, 1.82) is 0 Å². The maximum atomic E-state index is 13.8. The number of likely N-dealkylation sites (N-methyl/N-ethyl adjacent to an activating group) is 1. The summed E-state index contributed by atoms with van der Waals surface area (Å²) in [6.07, 6.45) is 7.82. The van der Waals surface area contributed by atoms with E-state index in [9.17, 15) is 9.50 Å². The van der Waals surface area contributed by atoms with Gasteiger partial charge in [-0.3, -0.25) is 0 Å². The normalized spacial score (nSPS) is 28.0. The Hall–Kier alpha value is -1.95. The SMILES string of the molecule is CN1CCN(CC2CCCC(=Cc3ccco3)CC2(O)Cc2cccc(F)c2)CC1. The average Bonchev–Trinajstić information content (AvgIpc) is 3.16. The molecule has 1 saturated carbocycles. The molecule has 0 bridgehead atoms. The van der Waals surface area contributed by atoms with Crippen molar-refractivity contribution in [3.8, 4) is 0 Å². The van der Waals surface area contributed by atoms with E-state index in [0.717, 1.165) is 63.3 Å². The van der Waals surface area contributed by atoms with Crippen LogP contribution in [0.3, 0.4) is 0 Å². The molecule has 4 nitrogen and oxygen atoms in total. The minimum Gasteiger partial charge on any atom is -0.465 e. The monoisotopic (exact) mass is 412 g/mol. The van der Waals surface area contributed by atoms with Crippen LogP contribution in [0, 0.1) is 11.7 Å². The number of halogens is 1. The number of hydrogen-bond donors (Lipinski definition) is 1. The zero-order valence-corrected chi connectivity index (χ0v) is 17.9. The molecular weight excluding hydrogens is 379 g/mol. The smallest absolute Gasteiger partial charge is 0.126 e. The lowest BCUT2D eigenvalue weighted by atomic mass is 9.77. The Morgan fingerprint density at radius 2 is 2.03 bits per heavy atom. The van der Waals surface area contributed by atoms with Crippen molar-refractivity contribution in [1.82, 2.24) is 9.80 Å². The quantitative estimate of drug-likeness (QED) is 0.747. The highest BCUT2D eigenvalue weighted by atomic mass is 19.1. The van der Waals surface area contributed by atoms with Crippen LogP contribution < -0.4 is 0 Å². The lowest BCUT2D eigenvalue weighted by Gasteiger charge is -2.41. The summed E-state index contributed by atoms with van der Waals surface area (Å²) in [5.74, 6) is 0.744. The van der Waals surface area contributed by atoms with Gasteiger partial charge in [-0.2, -0.15) is 0 Å². The van der Waals surface area contributed by atoms with Crippen LogP contribution >= 0.6 is 0 Å². The van der Waals surface area contributed by atoms with Crippen LogP contribution in [-0.2, 0) is 6.42 Å². The van der Waals surface area contributed by atoms with Gasteiger partial charge in [0.1, 0.15) is 11.6 Å². The molecule has 0 amide bonds. The van der Waals surface area contributed by atoms with E-state index in [1.54, 1.807) is 18.4 Å². The first kappa shape index (κ1) is 21.3. The van der Waals surface area contributed by atoms with Gasteiger partial charge in [-0.15, -0.1) is 0 Å². The summed E-state index contributed by atoms with van der Waals surface area (Å²) in [6, 6.07) is 10.5. The molecule has 1 aromatic heterocycles. The van der Waals surface area contributed by atoms with Crippen molar-refractivity contribution in [3.63, 3.8) is 0 Å². The molecule has 162 valence electrons. The molecule has 2 atom stereocenters. The number of aliphatic hydroxyl groups is 1. The fraction of sp³-hybridized carbons (Fsp3) is 0.520. The number of furan rings is 1. The van der Waals surface area contributed by atoms with Gasteiger partial charge < -0.3 is 19.3 Å². The van der Waals surface area contributed by atoms with E-state index >= 15 is 0 Å². The fourth-order valence-electron chi connectivity index (χ4n) is 4.98. The molecule has 1 aromatic carbocycles. The van der Waals surface area contributed by atoms with E-state index in [-0.39, 0.29) is 11.7 Å². The Balaban J connectivity index is 1.58.